The van der Waals surface area contributed by atoms with E-state index in [1.807, 2.05) is 13.8 Å². The average Bonchev–Trinajstić information content (AvgIpc) is 2.90. The van der Waals surface area contributed by atoms with Gasteiger partial charge in [-0.05, 0) is 51.5 Å². The average molecular weight is 365 g/mol. The zero-order valence-corrected chi connectivity index (χ0v) is 15.6. The number of aromatic nitrogens is 1. The van der Waals surface area contributed by atoms with Gasteiger partial charge in [0.1, 0.15) is 5.76 Å². The summed E-state index contributed by atoms with van der Waals surface area (Å²) in [5.74, 6) is 0.820. The molecule has 1 amide bonds. The maximum absolute atomic E-state index is 12.2. The number of sulfonamides is 1. The Kier molecular flexibility index (Phi) is 5.97. The molecular weight excluding hydrogens is 342 g/mol. The molecule has 1 heterocycles. The maximum atomic E-state index is 12.2. The molecule has 8 heteroatoms. The molecule has 1 aromatic heterocycles. The van der Waals surface area contributed by atoms with Crippen molar-refractivity contribution in [1.29, 1.82) is 0 Å². The van der Waals surface area contributed by atoms with Crippen molar-refractivity contribution in [2.75, 3.05) is 0 Å². The van der Waals surface area contributed by atoms with Crippen molar-refractivity contribution in [3.63, 3.8) is 0 Å². The minimum Gasteiger partial charge on any atom is -0.444 e. The number of carbonyl (C=O) groups is 1. The van der Waals surface area contributed by atoms with E-state index in [2.05, 4.69) is 15.0 Å². The van der Waals surface area contributed by atoms with Crippen molar-refractivity contribution < 1.29 is 17.6 Å². The van der Waals surface area contributed by atoms with E-state index in [4.69, 9.17) is 4.42 Å². The molecule has 0 aliphatic heterocycles. The normalized spacial score (nSPS) is 12.8. The summed E-state index contributed by atoms with van der Waals surface area (Å²) in [4.78, 5) is 16.5. The third-order valence-corrected chi connectivity index (χ3v) is 5.47. The van der Waals surface area contributed by atoms with E-state index in [1.54, 1.807) is 13.8 Å². The SMILES string of the molecule is CCC(C)NS(=O)(=O)c1ccc(C(=O)NCc2nc(C)c(C)o2)cc1. The van der Waals surface area contributed by atoms with Crippen molar-refractivity contribution in [3.8, 4) is 0 Å². The second-order valence-corrected chi connectivity index (χ2v) is 7.60. The molecule has 7 nitrogen and oxygen atoms in total. The topological polar surface area (TPSA) is 101 Å². The molecule has 136 valence electrons. The lowest BCUT2D eigenvalue weighted by Crippen LogP contribution is -2.32. The molecule has 0 radical (unpaired) electrons. The summed E-state index contributed by atoms with van der Waals surface area (Å²) in [5, 5.41) is 2.70. The molecule has 2 aromatic rings. The molecule has 1 atom stereocenters. The van der Waals surface area contributed by atoms with Gasteiger partial charge >= 0.3 is 0 Å². The predicted octanol–water partition coefficient (Wildman–Crippen LogP) is 2.30. The molecule has 0 bridgehead atoms. The van der Waals surface area contributed by atoms with Crippen LogP contribution in [0.4, 0.5) is 0 Å². The molecule has 0 fully saturated rings. The highest BCUT2D eigenvalue weighted by Crippen LogP contribution is 2.12. The molecule has 0 aliphatic rings. The molecular formula is C17H23N3O4S. The van der Waals surface area contributed by atoms with Gasteiger partial charge in [0.15, 0.2) is 0 Å². The molecule has 25 heavy (non-hydrogen) atoms. The lowest BCUT2D eigenvalue weighted by atomic mass is 10.2. The van der Waals surface area contributed by atoms with Crippen LogP contribution in [0, 0.1) is 13.8 Å². The number of nitrogens with zero attached hydrogens (tertiary/aromatic N) is 1. The van der Waals surface area contributed by atoms with Crippen LogP contribution in [-0.2, 0) is 16.6 Å². The standard InChI is InChI=1S/C17H23N3O4S/c1-5-11(2)20-25(22,23)15-8-6-14(7-9-15)17(21)18-10-16-19-12(3)13(4)24-16/h6-9,11,20H,5,10H2,1-4H3,(H,18,21). The van der Waals surface area contributed by atoms with Crippen LogP contribution in [0.15, 0.2) is 33.6 Å². The molecule has 1 aromatic carbocycles. The van der Waals surface area contributed by atoms with Crippen molar-refractivity contribution in [1.82, 2.24) is 15.0 Å². The summed E-state index contributed by atoms with van der Waals surface area (Å²) in [6.45, 7) is 7.50. The Bertz CT molecular complexity index is 822. The Balaban J connectivity index is 2.02. The summed E-state index contributed by atoms with van der Waals surface area (Å²) in [6.07, 6.45) is 0.694. The maximum Gasteiger partial charge on any atom is 0.251 e. The van der Waals surface area contributed by atoms with Crippen LogP contribution >= 0.6 is 0 Å². The number of benzene rings is 1. The largest absolute Gasteiger partial charge is 0.444 e. The first-order valence-corrected chi connectivity index (χ1v) is 9.54. The lowest BCUT2D eigenvalue weighted by molar-refractivity contribution is 0.0947. The van der Waals surface area contributed by atoms with Gasteiger partial charge in [0.05, 0.1) is 17.1 Å². The summed E-state index contributed by atoms with van der Waals surface area (Å²) in [5.41, 5.74) is 1.15. The number of carbonyl (C=O) groups excluding carboxylic acids is 1. The third kappa shape index (κ3) is 4.90. The summed E-state index contributed by atoms with van der Waals surface area (Å²) < 4.78 is 32.4. The number of amides is 1. The number of hydrogen-bond acceptors (Lipinski definition) is 5. The fraction of sp³-hybridized carbons (Fsp3) is 0.412. The Morgan fingerprint density at radius 2 is 1.88 bits per heavy atom. The van der Waals surface area contributed by atoms with Crippen molar-refractivity contribution in [2.45, 2.75) is 51.6 Å². The monoisotopic (exact) mass is 365 g/mol. The number of aryl methyl sites for hydroxylation is 2. The van der Waals surface area contributed by atoms with Gasteiger partial charge in [-0.3, -0.25) is 4.79 Å². The Morgan fingerprint density at radius 1 is 1.24 bits per heavy atom. The van der Waals surface area contributed by atoms with E-state index in [9.17, 15) is 13.2 Å². The van der Waals surface area contributed by atoms with Gasteiger partial charge < -0.3 is 9.73 Å². The van der Waals surface area contributed by atoms with Crippen LogP contribution in [0.25, 0.3) is 0 Å². The third-order valence-electron chi connectivity index (χ3n) is 3.87. The van der Waals surface area contributed by atoms with Crippen LogP contribution in [0.2, 0.25) is 0 Å². The number of oxazole rings is 1. The summed E-state index contributed by atoms with van der Waals surface area (Å²) >= 11 is 0. The van der Waals surface area contributed by atoms with Gasteiger partial charge in [0.25, 0.3) is 5.91 Å². The molecule has 0 aliphatic carbocycles. The van der Waals surface area contributed by atoms with E-state index in [0.717, 1.165) is 5.69 Å². The van der Waals surface area contributed by atoms with Crippen LogP contribution in [-0.4, -0.2) is 25.4 Å². The lowest BCUT2D eigenvalue weighted by Gasteiger charge is -2.12. The van der Waals surface area contributed by atoms with Crippen LogP contribution in [0.1, 0.15) is 48.0 Å². The van der Waals surface area contributed by atoms with E-state index < -0.39 is 10.0 Å². The molecule has 0 saturated heterocycles. The van der Waals surface area contributed by atoms with E-state index in [0.29, 0.717) is 23.6 Å². The van der Waals surface area contributed by atoms with Gasteiger partial charge in [-0.2, -0.15) is 0 Å². The summed E-state index contributed by atoms with van der Waals surface area (Å²) in [6, 6.07) is 5.64. The Hall–Kier alpha value is -2.19. The molecule has 0 spiro atoms. The highest BCUT2D eigenvalue weighted by atomic mass is 32.2. The molecule has 0 saturated carbocycles. The van der Waals surface area contributed by atoms with Crippen molar-refractivity contribution in [2.24, 2.45) is 0 Å². The quantitative estimate of drug-likeness (QED) is 0.784. The fourth-order valence-corrected chi connectivity index (χ4v) is 3.40. The van der Waals surface area contributed by atoms with Crippen LogP contribution in [0.3, 0.4) is 0 Å². The van der Waals surface area contributed by atoms with Crippen LogP contribution in [0.5, 0.6) is 0 Å². The minimum atomic E-state index is -3.58. The smallest absolute Gasteiger partial charge is 0.251 e. The Labute approximate surface area is 147 Å². The zero-order chi connectivity index (χ0) is 18.6. The second-order valence-electron chi connectivity index (χ2n) is 5.89. The zero-order valence-electron chi connectivity index (χ0n) is 14.8. The van der Waals surface area contributed by atoms with E-state index in [-0.39, 0.29) is 23.4 Å². The molecule has 1 unspecified atom stereocenters. The first-order chi connectivity index (χ1) is 11.7. The first-order valence-electron chi connectivity index (χ1n) is 8.06. The number of nitrogens with one attached hydrogen (secondary N) is 2. The number of hydrogen-bond donors (Lipinski definition) is 2. The highest BCUT2D eigenvalue weighted by molar-refractivity contribution is 7.89. The summed E-state index contributed by atoms with van der Waals surface area (Å²) in [7, 11) is -3.58. The molecule has 2 rings (SSSR count). The van der Waals surface area contributed by atoms with Gasteiger partial charge in [0.2, 0.25) is 15.9 Å². The highest BCUT2D eigenvalue weighted by Gasteiger charge is 2.17. The van der Waals surface area contributed by atoms with Gasteiger partial charge in [0, 0.05) is 11.6 Å². The van der Waals surface area contributed by atoms with Gasteiger partial charge in [-0.1, -0.05) is 6.92 Å². The predicted molar refractivity (Wildman–Crippen MR) is 93.7 cm³/mol. The van der Waals surface area contributed by atoms with E-state index >= 15 is 0 Å². The van der Waals surface area contributed by atoms with Gasteiger partial charge in [-0.15, -0.1) is 0 Å². The van der Waals surface area contributed by atoms with E-state index in [1.165, 1.54) is 24.3 Å². The fourth-order valence-electron chi connectivity index (χ4n) is 2.07. The minimum absolute atomic E-state index is 0.128. The molecule has 2 N–H and O–H groups in total. The second kappa shape index (κ2) is 7.79. The van der Waals surface area contributed by atoms with Gasteiger partial charge in [-0.25, -0.2) is 18.1 Å². The van der Waals surface area contributed by atoms with Crippen LogP contribution < -0.4 is 10.0 Å². The van der Waals surface area contributed by atoms with Crippen molar-refractivity contribution >= 4 is 15.9 Å². The number of rotatable bonds is 7. The Morgan fingerprint density at radius 3 is 2.40 bits per heavy atom. The van der Waals surface area contributed by atoms with Crippen molar-refractivity contribution in [3.05, 3.63) is 47.2 Å². The first kappa shape index (κ1) is 19.1.